The molecule has 0 aromatic heterocycles. The summed E-state index contributed by atoms with van der Waals surface area (Å²) < 4.78 is 26.0. The maximum Gasteiger partial charge on any atom is 0.248 e. The van der Waals surface area contributed by atoms with Crippen LogP contribution in [-0.2, 0) is 0 Å². The number of halogens is 2. The highest BCUT2D eigenvalue weighted by atomic mass is 19.3. The molecule has 1 heterocycles. The molecule has 1 aromatic rings. The van der Waals surface area contributed by atoms with Crippen molar-refractivity contribution < 1.29 is 8.78 Å². The highest BCUT2D eigenvalue weighted by Crippen LogP contribution is 2.49. The standard InChI is InChI=1S/C16H21F2N/c1-11-2-4-12(5-3-11)15-8-13(6-7-19-15)14-9-16(17,18)10-14/h2-5,13-15,19H,6-10H2,1H3/t13-,15?/m0/s1. The average Bonchev–Trinajstić information content (AvgIpc) is 2.37. The van der Waals surface area contributed by atoms with Gasteiger partial charge in [0, 0.05) is 18.9 Å². The first-order valence-corrected chi connectivity index (χ1v) is 7.21. The minimum atomic E-state index is -2.38. The van der Waals surface area contributed by atoms with E-state index in [1.807, 2.05) is 0 Å². The van der Waals surface area contributed by atoms with Crippen molar-refractivity contribution >= 4 is 0 Å². The van der Waals surface area contributed by atoms with Crippen LogP contribution in [0.1, 0.15) is 42.9 Å². The zero-order chi connectivity index (χ0) is 13.5. The van der Waals surface area contributed by atoms with Gasteiger partial charge in [0.2, 0.25) is 5.92 Å². The van der Waals surface area contributed by atoms with Crippen molar-refractivity contribution in [3.8, 4) is 0 Å². The van der Waals surface area contributed by atoms with Crippen LogP contribution < -0.4 is 5.32 Å². The van der Waals surface area contributed by atoms with Gasteiger partial charge in [-0.2, -0.15) is 0 Å². The van der Waals surface area contributed by atoms with E-state index in [-0.39, 0.29) is 18.8 Å². The van der Waals surface area contributed by atoms with E-state index in [9.17, 15) is 8.78 Å². The van der Waals surface area contributed by atoms with Crippen molar-refractivity contribution in [2.24, 2.45) is 11.8 Å². The Labute approximate surface area is 113 Å². The molecule has 2 aliphatic rings. The van der Waals surface area contributed by atoms with Crippen LogP contribution in [0, 0.1) is 18.8 Å². The summed E-state index contributed by atoms with van der Waals surface area (Å²) in [5.41, 5.74) is 2.55. The number of nitrogens with one attached hydrogen (secondary N) is 1. The van der Waals surface area contributed by atoms with E-state index in [2.05, 4.69) is 36.5 Å². The van der Waals surface area contributed by atoms with Gasteiger partial charge < -0.3 is 5.32 Å². The molecule has 19 heavy (non-hydrogen) atoms. The molecule has 0 amide bonds. The molecule has 3 rings (SSSR count). The first kappa shape index (κ1) is 13.0. The lowest BCUT2D eigenvalue weighted by molar-refractivity contribution is -0.130. The maximum atomic E-state index is 13.0. The average molecular weight is 265 g/mol. The fourth-order valence-corrected chi connectivity index (χ4v) is 3.47. The molecule has 2 atom stereocenters. The Morgan fingerprint density at radius 3 is 2.42 bits per heavy atom. The molecule has 1 N–H and O–H groups in total. The van der Waals surface area contributed by atoms with Crippen LogP contribution in [-0.4, -0.2) is 12.5 Å². The molecule has 1 aliphatic heterocycles. The van der Waals surface area contributed by atoms with E-state index < -0.39 is 5.92 Å². The Kier molecular flexibility index (Phi) is 3.34. The Morgan fingerprint density at radius 1 is 1.11 bits per heavy atom. The molecule has 1 aliphatic carbocycles. The van der Waals surface area contributed by atoms with Gasteiger partial charge in [-0.05, 0) is 43.7 Å². The van der Waals surface area contributed by atoms with Crippen LogP contribution >= 0.6 is 0 Å². The summed E-state index contributed by atoms with van der Waals surface area (Å²) in [7, 11) is 0. The quantitative estimate of drug-likeness (QED) is 0.849. The lowest BCUT2D eigenvalue weighted by atomic mass is 9.68. The first-order valence-electron chi connectivity index (χ1n) is 7.21. The van der Waals surface area contributed by atoms with Crippen molar-refractivity contribution in [2.45, 2.75) is 44.6 Å². The molecule has 2 fully saturated rings. The lowest BCUT2D eigenvalue weighted by Gasteiger charge is -2.43. The SMILES string of the molecule is Cc1ccc(C2C[C@@H](C3CC(F)(F)C3)CCN2)cc1. The van der Waals surface area contributed by atoms with Crippen molar-refractivity contribution in [1.29, 1.82) is 0 Å². The molecule has 1 saturated carbocycles. The molecule has 0 radical (unpaired) electrons. The summed E-state index contributed by atoms with van der Waals surface area (Å²) in [6.45, 7) is 3.03. The second-order valence-corrected chi connectivity index (χ2v) is 6.23. The molecule has 1 nitrogen and oxygen atoms in total. The predicted octanol–water partition coefficient (Wildman–Crippen LogP) is 4.08. The van der Waals surface area contributed by atoms with E-state index in [4.69, 9.17) is 0 Å². The highest BCUT2D eigenvalue weighted by Gasteiger charge is 2.48. The predicted molar refractivity (Wildman–Crippen MR) is 72.3 cm³/mol. The van der Waals surface area contributed by atoms with Gasteiger partial charge in [-0.3, -0.25) is 0 Å². The minimum Gasteiger partial charge on any atom is -0.310 e. The largest absolute Gasteiger partial charge is 0.310 e. The van der Waals surface area contributed by atoms with Crippen molar-refractivity contribution in [2.75, 3.05) is 6.54 Å². The smallest absolute Gasteiger partial charge is 0.248 e. The van der Waals surface area contributed by atoms with E-state index >= 15 is 0 Å². The van der Waals surface area contributed by atoms with E-state index in [0.29, 0.717) is 12.0 Å². The molecule has 1 saturated heterocycles. The number of alkyl halides is 2. The number of benzene rings is 1. The summed E-state index contributed by atoms with van der Waals surface area (Å²) >= 11 is 0. The number of hydrogen-bond acceptors (Lipinski definition) is 1. The van der Waals surface area contributed by atoms with Crippen LogP contribution in [0.2, 0.25) is 0 Å². The molecular weight excluding hydrogens is 244 g/mol. The Hall–Kier alpha value is -0.960. The van der Waals surface area contributed by atoms with Crippen LogP contribution in [0.4, 0.5) is 8.78 Å². The van der Waals surface area contributed by atoms with Gasteiger partial charge in [0.15, 0.2) is 0 Å². The van der Waals surface area contributed by atoms with E-state index in [0.717, 1.165) is 19.4 Å². The normalized spacial score (nSPS) is 30.9. The number of aryl methyl sites for hydroxylation is 1. The molecule has 3 heteroatoms. The topological polar surface area (TPSA) is 12.0 Å². The van der Waals surface area contributed by atoms with Crippen LogP contribution in [0.5, 0.6) is 0 Å². The zero-order valence-electron chi connectivity index (χ0n) is 11.3. The summed E-state index contributed by atoms with van der Waals surface area (Å²) in [4.78, 5) is 0. The zero-order valence-corrected chi connectivity index (χ0v) is 11.3. The fourth-order valence-electron chi connectivity index (χ4n) is 3.47. The van der Waals surface area contributed by atoms with Crippen molar-refractivity contribution in [1.82, 2.24) is 5.32 Å². The molecule has 0 spiro atoms. The van der Waals surface area contributed by atoms with Gasteiger partial charge in [-0.25, -0.2) is 8.78 Å². The maximum absolute atomic E-state index is 13.0. The van der Waals surface area contributed by atoms with E-state index in [1.165, 1.54) is 11.1 Å². The van der Waals surface area contributed by atoms with Gasteiger partial charge in [-0.1, -0.05) is 29.8 Å². The summed E-state index contributed by atoms with van der Waals surface area (Å²) in [5, 5.41) is 3.52. The third kappa shape index (κ3) is 2.81. The second kappa shape index (κ2) is 4.86. The van der Waals surface area contributed by atoms with Crippen LogP contribution in [0.3, 0.4) is 0 Å². The Bertz CT molecular complexity index is 433. The number of piperidine rings is 1. The van der Waals surface area contributed by atoms with Gasteiger partial charge in [0.25, 0.3) is 0 Å². The highest BCUT2D eigenvalue weighted by molar-refractivity contribution is 5.24. The molecule has 1 unspecified atom stereocenters. The Morgan fingerprint density at radius 2 is 1.79 bits per heavy atom. The van der Waals surface area contributed by atoms with E-state index in [1.54, 1.807) is 0 Å². The Balaban J connectivity index is 1.63. The summed E-state index contributed by atoms with van der Waals surface area (Å²) in [6, 6.07) is 8.90. The van der Waals surface area contributed by atoms with Crippen LogP contribution in [0.25, 0.3) is 0 Å². The number of hydrogen-bond donors (Lipinski definition) is 1. The van der Waals surface area contributed by atoms with Crippen molar-refractivity contribution in [3.05, 3.63) is 35.4 Å². The van der Waals surface area contributed by atoms with Gasteiger partial charge >= 0.3 is 0 Å². The molecule has 1 aromatic carbocycles. The van der Waals surface area contributed by atoms with Crippen LogP contribution in [0.15, 0.2) is 24.3 Å². The summed E-state index contributed by atoms with van der Waals surface area (Å²) in [6.07, 6.45) is 2.27. The fraction of sp³-hybridized carbons (Fsp3) is 0.625. The lowest BCUT2D eigenvalue weighted by Crippen LogP contribution is -2.43. The van der Waals surface area contributed by atoms with Gasteiger partial charge in [0.05, 0.1) is 0 Å². The number of rotatable bonds is 2. The van der Waals surface area contributed by atoms with Gasteiger partial charge in [0.1, 0.15) is 0 Å². The molecule has 104 valence electrons. The first-order chi connectivity index (χ1) is 9.03. The summed E-state index contributed by atoms with van der Waals surface area (Å²) in [5.74, 6) is -1.67. The van der Waals surface area contributed by atoms with Gasteiger partial charge in [-0.15, -0.1) is 0 Å². The third-order valence-corrected chi connectivity index (χ3v) is 4.71. The molecular formula is C16H21F2N. The van der Waals surface area contributed by atoms with Crippen molar-refractivity contribution in [3.63, 3.8) is 0 Å². The molecule has 0 bridgehead atoms. The third-order valence-electron chi connectivity index (χ3n) is 4.71. The minimum absolute atomic E-state index is 0.109. The monoisotopic (exact) mass is 265 g/mol. The second-order valence-electron chi connectivity index (χ2n) is 6.23.